The van der Waals surface area contributed by atoms with E-state index in [1.807, 2.05) is 19.9 Å². The Morgan fingerprint density at radius 3 is 2.75 bits per heavy atom. The van der Waals surface area contributed by atoms with Gasteiger partial charge in [0, 0.05) is 18.7 Å². The maximum atomic E-state index is 11.9. The Bertz CT molecular complexity index is 436. The molecule has 1 aliphatic heterocycles. The van der Waals surface area contributed by atoms with Crippen molar-refractivity contribution in [3.05, 3.63) is 17.5 Å². The summed E-state index contributed by atoms with van der Waals surface area (Å²) in [6.07, 6.45) is 1.41. The first-order chi connectivity index (χ1) is 7.58. The van der Waals surface area contributed by atoms with E-state index in [-0.39, 0.29) is 18.4 Å². The summed E-state index contributed by atoms with van der Waals surface area (Å²) in [4.78, 5) is 24.9. The third-order valence-electron chi connectivity index (χ3n) is 2.74. The van der Waals surface area contributed by atoms with Gasteiger partial charge in [-0.1, -0.05) is 0 Å². The lowest BCUT2D eigenvalue weighted by Gasteiger charge is -2.14. The van der Waals surface area contributed by atoms with Gasteiger partial charge in [-0.05, 0) is 26.3 Å². The number of hydrogen-bond donors (Lipinski definition) is 0. The molecule has 5 heteroatoms. The van der Waals surface area contributed by atoms with Gasteiger partial charge in [-0.15, -0.1) is 0 Å². The van der Waals surface area contributed by atoms with Crippen LogP contribution in [0.3, 0.4) is 0 Å². The van der Waals surface area contributed by atoms with Crippen LogP contribution >= 0.6 is 0 Å². The second kappa shape index (κ2) is 4.08. The fraction of sp³-hybridized carbons (Fsp3) is 0.545. The lowest BCUT2D eigenvalue weighted by Crippen LogP contribution is -2.34. The van der Waals surface area contributed by atoms with Crippen LogP contribution in [-0.2, 0) is 4.79 Å². The zero-order valence-corrected chi connectivity index (χ0v) is 9.56. The topological polar surface area (TPSA) is 55.2 Å². The fourth-order valence-corrected chi connectivity index (χ4v) is 1.98. The van der Waals surface area contributed by atoms with E-state index in [1.54, 1.807) is 4.90 Å². The summed E-state index contributed by atoms with van der Waals surface area (Å²) in [6, 6.07) is 1.85. The van der Waals surface area contributed by atoms with Crippen molar-refractivity contribution < 1.29 is 9.59 Å². The van der Waals surface area contributed by atoms with Gasteiger partial charge in [-0.3, -0.25) is 9.59 Å². The van der Waals surface area contributed by atoms with Gasteiger partial charge < -0.3 is 4.90 Å². The highest BCUT2D eigenvalue weighted by Gasteiger charge is 2.23. The predicted octanol–water partition coefficient (Wildman–Crippen LogP) is 0.763. The van der Waals surface area contributed by atoms with Crippen LogP contribution < -0.4 is 0 Å². The molecule has 0 radical (unpaired) electrons. The molecule has 1 aromatic rings. The molecule has 1 aromatic heterocycles. The maximum absolute atomic E-state index is 11.9. The van der Waals surface area contributed by atoms with Gasteiger partial charge in [0.1, 0.15) is 6.54 Å². The Balaban J connectivity index is 2.08. The lowest BCUT2D eigenvalue weighted by atomic mass is 10.4. The molecule has 0 aliphatic carbocycles. The molecule has 2 rings (SSSR count). The summed E-state index contributed by atoms with van der Waals surface area (Å²) in [5.74, 6) is -0.0734. The summed E-state index contributed by atoms with van der Waals surface area (Å²) < 4.78 is 1.38. The minimum atomic E-state index is -0.138. The molecule has 86 valence electrons. The summed E-state index contributed by atoms with van der Waals surface area (Å²) in [7, 11) is 0. The highest BCUT2D eigenvalue weighted by molar-refractivity contribution is 5.87. The van der Waals surface area contributed by atoms with E-state index in [9.17, 15) is 9.59 Å². The van der Waals surface area contributed by atoms with Crippen molar-refractivity contribution in [2.24, 2.45) is 0 Å². The zero-order valence-electron chi connectivity index (χ0n) is 9.56. The normalized spacial score (nSPS) is 15.9. The second-order valence-corrected chi connectivity index (χ2v) is 4.15. The lowest BCUT2D eigenvalue weighted by molar-refractivity contribution is -0.127. The van der Waals surface area contributed by atoms with Gasteiger partial charge in [0.05, 0.1) is 5.69 Å². The van der Waals surface area contributed by atoms with Crippen molar-refractivity contribution in [2.45, 2.75) is 26.7 Å². The van der Waals surface area contributed by atoms with Crippen LogP contribution in [0, 0.1) is 13.8 Å². The van der Waals surface area contributed by atoms with Crippen molar-refractivity contribution in [1.29, 1.82) is 0 Å². The molecule has 1 saturated heterocycles. The molecule has 16 heavy (non-hydrogen) atoms. The number of amides is 1. The van der Waals surface area contributed by atoms with E-state index < -0.39 is 0 Å². The SMILES string of the molecule is Cc1cc(C)n(C(=O)CN2CCCC2=O)n1. The van der Waals surface area contributed by atoms with E-state index in [1.165, 1.54) is 4.68 Å². The number of aromatic nitrogens is 2. The average Bonchev–Trinajstić information content (AvgIpc) is 2.74. The second-order valence-electron chi connectivity index (χ2n) is 4.15. The Labute approximate surface area is 94.0 Å². The van der Waals surface area contributed by atoms with Crippen molar-refractivity contribution >= 4 is 11.8 Å². The van der Waals surface area contributed by atoms with Crippen molar-refractivity contribution in [3.8, 4) is 0 Å². The Kier molecular flexibility index (Phi) is 2.77. The minimum Gasteiger partial charge on any atom is -0.333 e. The monoisotopic (exact) mass is 221 g/mol. The number of likely N-dealkylation sites (tertiary alicyclic amines) is 1. The molecule has 1 aliphatic rings. The molecule has 0 spiro atoms. The predicted molar refractivity (Wildman–Crippen MR) is 58.1 cm³/mol. The third kappa shape index (κ3) is 1.98. The summed E-state index contributed by atoms with van der Waals surface area (Å²) in [5.41, 5.74) is 1.63. The summed E-state index contributed by atoms with van der Waals surface area (Å²) >= 11 is 0. The molecule has 0 N–H and O–H groups in total. The number of carbonyl (C=O) groups is 2. The Morgan fingerprint density at radius 2 is 2.25 bits per heavy atom. The molecule has 1 fully saturated rings. The highest BCUT2D eigenvalue weighted by Crippen LogP contribution is 2.10. The van der Waals surface area contributed by atoms with Crippen LogP contribution in [-0.4, -0.2) is 39.6 Å². The summed E-state index contributed by atoms with van der Waals surface area (Å²) in [6.45, 7) is 4.51. The molecule has 2 heterocycles. The van der Waals surface area contributed by atoms with Crippen LogP contribution in [0.4, 0.5) is 0 Å². The van der Waals surface area contributed by atoms with Gasteiger partial charge in [0.25, 0.3) is 5.91 Å². The Morgan fingerprint density at radius 1 is 1.50 bits per heavy atom. The maximum Gasteiger partial charge on any atom is 0.266 e. The van der Waals surface area contributed by atoms with Crippen LogP contribution in [0.15, 0.2) is 6.07 Å². The number of nitrogens with zero attached hydrogens (tertiary/aromatic N) is 3. The van der Waals surface area contributed by atoms with Crippen LogP contribution in [0.5, 0.6) is 0 Å². The van der Waals surface area contributed by atoms with E-state index >= 15 is 0 Å². The number of carbonyl (C=O) groups excluding carboxylic acids is 2. The van der Waals surface area contributed by atoms with Gasteiger partial charge >= 0.3 is 0 Å². The van der Waals surface area contributed by atoms with E-state index in [0.717, 1.165) is 17.8 Å². The van der Waals surface area contributed by atoms with Gasteiger partial charge in [-0.2, -0.15) is 5.10 Å². The smallest absolute Gasteiger partial charge is 0.266 e. The van der Waals surface area contributed by atoms with Gasteiger partial charge in [-0.25, -0.2) is 4.68 Å². The highest BCUT2D eigenvalue weighted by atomic mass is 16.2. The van der Waals surface area contributed by atoms with Crippen LogP contribution in [0.25, 0.3) is 0 Å². The first-order valence-electron chi connectivity index (χ1n) is 5.42. The molecule has 0 bridgehead atoms. The molecule has 5 nitrogen and oxygen atoms in total. The molecular weight excluding hydrogens is 206 g/mol. The molecule has 0 atom stereocenters. The third-order valence-corrected chi connectivity index (χ3v) is 2.74. The zero-order chi connectivity index (χ0) is 11.7. The van der Waals surface area contributed by atoms with Gasteiger partial charge in [0.2, 0.25) is 5.91 Å². The first-order valence-corrected chi connectivity index (χ1v) is 5.42. The molecule has 0 unspecified atom stereocenters. The number of rotatable bonds is 2. The molecule has 0 aromatic carbocycles. The summed E-state index contributed by atoms with van der Waals surface area (Å²) in [5, 5.41) is 4.11. The number of aryl methyl sites for hydroxylation is 2. The van der Waals surface area contributed by atoms with Crippen molar-refractivity contribution in [3.63, 3.8) is 0 Å². The quantitative estimate of drug-likeness (QED) is 0.741. The first kappa shape index (κ1) is 10.9. The molecule has 0 saturated carbocycles. The van der Waals surface area contributed by atoms with E-state index in [4.69, 9.17) is 0 Å². The van der Waals surface area contributed by atoms with Crippen LogP contribution in [0.2, 0.25) is 0 Å². The number of hydrogen-bond acceptors (Lipinski definition) is 3. The Hall–Kier alpha value is -1.65. The standard InChI is InChI=1S/C11H15N3O2/c1-8-6-9(2)14(12-8)11(16)7-13-5-3-4-10(13)15/h6H,3-5,7H2,1-2H3. The van der Waals surface area contributed by atoms with Crippen molar-refractivity contribution in [1.82, 2.24) is 14.7 Å². The molecule has 1 amide bonds. The largest absolute Gasteiger partial charge is 0.333 e. The van der Waals surface area contributed by atoms with E-state index in [0.29, 0.717) is 13.0 Å². The van der Waals surface area contributed by atoms with Crippen LogP contribution in [0.1, 0.15) is 29.0 Å². The minimum absolute atomic E-state index is 0.0647. The van der Waals surface area contributed by atoms with Gasteiger partial charge in [0.15, 0.2) is 0 Å². The van der Waals surface area contributed by atoms with E-state index in [2.05, 4.69) is 5.10 Å². The van der Waals surface area contributed by atoms with Crippen molar-refractivity contribution in [2.75, 3.05) is 13.1 Å². The average molecular weight is 221 g/mol. The molecular formula is C11H15N3O2. The fourth-order valence-electron chi connectivity index (χ4n) is 1.98.